The second kappa shape index (κ2) is 11.7. The second-order valence-electron chi connectivity index (χ2n) is 8.47. The van der Waals surface area contributed by atoms with Gasteiger partial charge in [-0.3, -0.25) is 9.36 Å². The summed E-state index contributed by atoms with van der Waals surface area (Å²) in [6, 6.07) is 26.9. The van der Waals surface area contributed by atoms with Gasteiger partial charge in [-0.05, 0) is 49.1 Å². The standard InChI is InChI=1S/C28H30N4OS/c1-21-9-6-13-24(17-21)20-34-28-31-30-26(32(28)25-14-7-10-22(2)18-25)15-8-16-27(33)29-19-23-11-4-3-5-12-23/h3-7,9-14,17-18H,8,15-16,19-20H2,1-2H3,(H,29,33). The lowest BCUT2D eigenvalue weighted by Gasteiger charge is -2.11. The number of aryl methyl sites for hydroxylation is 3. The highest BCUT2D eigenvalue weighted by atomic mass is 32.2. The Balaban J connectivity index is 1.42. The third-order valence-corrected chi connectivity index (χ3v) is 6.55. The van der Waals surface area contributed by atoms with E-state index in [-0.39, 0.29) is 5.91 Å². The molecule has 6 heteroatoms. The van der Waals surface area contributed by atoms with Crippen LogP contribution < -0.4 is 5.32 Å². The molecule has 34 heavy (non-hydrogen) atoms. The van der Waals surface area contributed by atoms with Crippen molar-refractivity contribution in [1.82, 2.24) is 20.1 Å². The topological polar surface area (TPSA) is 59.8 Å². The number of hydrogen-bond acceptors (Lipinski definition) is 4. The third-order valence-electron chi connectivity index (χ3n) is 5.55. The normalized spacial score (nSPS) is 10.9. The zero-order valence-electron chi connectivity index (χ0n) is 19.7. The van der Waals surface area contributed by atoms with Crippen molar-refractivity contribution in [2.75, 3.05) is 0 Å². The lowest BCUT2D eigenvalue weighted by molar-refractivity contribution is -0.121. The van der Waals surface area contributed by atoms with Crippen LogP contribution in [0.15, 0.2) is 84.0 Å². The monoisotopic (exact) mass is 470 g/mol. The van der Waals surface area contributed by atoms with Crippen LogP contribution in [0.4, 0.5) is 0 Å². The van der Waals surface area contributed by atoms with Crippen LogP contribution in [0, 0.1) is 13.8 Å². The van der Waals surface area contributed by atoms with Crippen molar-refractivity contribution >= 4 is 17.7 Å². The number of carbonyl (C=O) groups is 1. The number of rotatable bonds is 10. The molecule has 0 fully saturated rings. The van der Waals surface area contributed by atoms with Gasteiger partial charge in [-0.2, -0.15) is 0 Å². The number of carbonyl (C=O) groups excluding carboxylic acids is 1. The molecular weight excluding hydrogens is 440 g/mol. The van der Waals surface area contributed by atoms with Gasteiger partial charge >= 0.3 is 0 Å². The summed E-state index contributed by atoms with van der Waals surface area (Å²) >= 11 is 1.69. The summed E-state index contributed by atoms with van der Waals surface area (Å²) in [5.41, 5.74) is 5.86. The van der Waals surface area contributed by atoms with Crippen LogP contribution in [0.1, 0.15) is 40.9 Å². The Hall–Kier alpha value is -3.38. The predicted molar refractivity (Wildman–Crippen MR) is 138 cm³/mol. The smallest absolute Gasteiger partial charge is 0.220 e. The Bertz CT molecular complexity index is 1240. The number of amides is 1. The van der Waals surface area contributed by atoms with Crippen molar-refractivity contribution in [2.24, 2.45) is 0 Å². The molecule has 0 saturated heterocycles. The van der Waals surface area contributed by atoms with E-state index in [1.807, 2.05) is 30.3 Å². The summed E-state index contributed by atoms with van der Waals surface area (Å²) in [6.45, 7) is 4.75. The number of hydrogen-bond donors (Lipinski definition) is 1. The van der Waals surface area contributed by atoms with Crippen LogP contribution in [-0.2, 0) is 23.5 Å². The molecule has 0 aliphatic heterocycles. The van der Waals surface area contributed by atoms with E-state index >= 15 is 0 Å². The van der Waals surface area contributed by atoms with E-state index in [1.54, 1.807) is 11.8 Å². The first-order valence-electron chi connectivity index (χ1n) is 11.6. The molecule has 4 rings (SSSR count). The number of nitrogens with zero attached hydrogens (tertiary/aromatic N) is 3. The predicted octanol–water partition coefficient (Wildman–Crippen LogP) is 5.82. The molecule has 1 aromatic heterocycles. The molecular formula is C28H30N4OS. The Kier molecular flexibility index (Phi) is 8.15. The maximum absolute atomic E-state index is 12.3. The Morgan fingerprint density at radius 2 is 1.62 bits per heavy atom. The summed E-state index contributed by atoms with van der Waals surface area (Å²) in [5.74, 6) is 1.76. The first-order valence-corrected chi connectivity index (χ1v) is 12.6. The Morgan fingerprint density at radius 3 is 2.38 bits per heavy atom. The van der Waals surface area contributed by atoms with Crippen molar-refractivity contribution in [2.45, 2.75) is 50.6 Å². The van der Waals surface area contributed by atoms with Gasteiger partial charge < -0.3 is 5.32 Å². The van der Waals surface area contributed by atoms with Crippen LogP contribution in [0.25, 0.3) is 5.69 Å². The highest BCUT2D eigenvalue weighted by Crippen LogP contribution is 2.26. The van der Waals surface area contributed by atoms with Gasteiger partial charge in [0.1, 0.15) is 5.82 Å². The van der Waals surface area contributed by atoms with Crippen molar-refractivity contribution in [1.29, 1.82) is 0 Å². The van der Waals surface area contributed by atoms with Crippen LogP contribution in [0.5, 0.6) is 0 Å². The fraction of sp³-hybridized carbons (Fsp3) is 0.250. The van der Waals surface area contributed by atoms with Crippen molar-refractivity contribution < 1.29 is 4.79 Å². The zero-order chi connectivity index (χ0) is 23.8. The molecule has 1 N–H and O–H groups in total. The van der Waals surface area contributed by atoms with Crippen molar-refractivity contribution in [3.05, 3.63) is 107 Å². The maximum Gasteiger partial charge on any atom is 0.220 e. The van der Waals surface area contributed by atoms with Crippen LogP contribution in [0.2, 0.25) is 0 Å². The van der Waals surface area contributed by atoms with Crippen LogP contribution >= 0.6 is 11.8 Å². The summed E-state index contributed by atoms with van der Waals surface area (Å²) in [7, 11) is 0. The Morgan fingerprint density at radius 1 is 0.882 bits per heavy atom. The lowest BCUT2D eigenvalue weighted by Crippen LogP contribution is -2.22. The molecule has 174 valence electrons. The van der Waals surface area contributed by atoms with E-state index in [0.717, 1.165) is 28.0 Å². The zero-order valence-corrected chi connectivity index (χ0v) is 20.5. The van der Waals surface area contributed by atoms with Gasteiger partial charge in [0.15, 0.2) is 5.16 Å². The van der Waals surface area contributed by atoms with E-state index in [4.69, 9.17) is 0 Å². The number of aromatic nitrogens is 3. The minimum Gasteiger partial charge on any atom is -0.352 e. The van der Waals surface area contributed by atoms with Crippen LogP contribution in [0.3, 0.4) is 0 Å². The highest BCUT2D eigenvalue weighted by Gasteiger charge is 2.15. The molecule has 0 aliphatic rings. The second-order valence-corrected chi connectivity index (χ2v) is 9.41. The van der Waals surface area contributed by atoms with Gasteiger partial charge in [0.2, 0.25) is 5.91 Å². The first-order chi connectivity index (χ1) is 16.6. The molecule has 3 aromatic carbocycles. The molecule has 1 heterocycles. The number of benzene rings is 3. The van der Waals surface area contributed by atoms with Gasteiger partial charge in [-0.1, -0.05) is 84.1 Å². The molecule has 0 spiro atoms. The molecule has 0 atom stereocenters. The molecule has 0 unspecified atom stereocenters. The van der Waals surface area contributed by atoms with Gasteiger partial charge in [0.25, 0.3) is 0 Å². The number of nitrogens with one attached hydrogen (secondary N) is 1. The van der Waals surface area contributed by atoms with Gasteiger partial charge in [0.05, 0.1) is 0 Å². The largest absolute Gasteiger partial charge is 0.352 e. The van der Waals surface area contributed by atoms with Crippen molar-refractivity contribution in [3.63, 3.8) is 0 Å². The highest BCUT2D eigenvalue weighted by molar-refractivity contribution is 7.98. The quantitative estimate of drug-likeness (QED) is 0.297. The molecule has 0 radical (unpaired) electrons. The third kappa shape index (κ3) is 6.58. The van der Waals surface area contributed by atoms with E-state index in [9.17, 15) is 4.79 Å². The fourth-order valence-corrected chi connectivity index (χ4v) is 4.74. The van der Waals surface area contributed by atoms with E-state index in [2.05, 4.69) is 82.5 Å². The Labute approximate surface area is 205 Å². The maximum atomic E-state index is 12.3. The average molecular weight is 471 g/mol. The van der Waals surface area contributed by atoms with Gasteiger partial charge in [-0.15, -0.1) is 10.2 Å². The number of thioether (sulfide) groups is 1. The lowest BCUT2D eigenvalue weighted by atomic mass is 10.2. The van der Waals surface area contributed by atoms with Gasteiger partial charge in [0, 0.05) is 30.8 Å². The SMILES string of the molecule is Cc1cccc(CSc2nnc(CCCC(=O)NCc3ccccc3)n2-c2cccc(C)c2)c1. The molecule has 1 amide bonds. The summed E-state index contributed by atoms with van der Waals surface area (Å²) in [4.78, 5) is 12.3. The molecule has 0 saturated carbocycles. The summed E-state index contributed by atoms with van der Waals surface area (Å²) < 4.78 is 2.13. The summed E-state index contributed by atoms with van der Waals surface area (Å²) in [6.07, 6.45) is 1.86. The van der Waals surface area contributed by atoms with E-state index in [1.165, 1.54) is 16.7 Å². The summed E-state index contributed by atoms with van der Waals surface area (Å²) in [5, 5.41) is 12.9. The molecule has 0 bridgehead atoms. The minimum absolute atomic E-state index is 0.0551. The first kappa shape index (κ1) is 23.8. The average Bonchev–Trinajstić information content (AvgIpc) is 3.25. The molecule has 5 nitrogen and oxygen atoms in total. The fourth-order valence-electron chi connectivity index (χ4n) is 3.82. The molecule has 0 aliphatic carbocycles. The van der Waals surface area contributed by atoms with Crippen LogP contribution in [-0.4, -0.2) is 20.7 Å². The minimum atomic E-state index is 0.0551. The van der Waals surface area contributed by atoms with E-state index in [0.29, 0.717) is 25.8 Å². The van der Waals surface area contributed by atoms with Crippen molar-refractivity contribution in [3.8, 4) is 5.69 Å². The van der Waals surface area contributed by atoms with E-state index < -0.39 is 0 Å². The van der Waals surface area contributed by atoms with Gasteiger partial charge in [-0.25, -0.2) is 0 Å². The molecule has 4 aromatic rings.